The molecule has 0 bridgehead atoms. The predicted octanol–water partition coefficient (Wildman–Crippen LogP) is 1.69. The second-order valence-electron chi connectivity index (χ2n) is 4.96. The van der Waals surface area contributed by atoms with E-state index in [-0.39, 0.29) is 13.0 Å². The molecule has 0 aliphatic rings. The van der Waals surface area contributed by atoms with E-state index in [1.54, 1.807) is 18.2 Å². The first-order chi connectivity index (χ1) is 9.73. The van der Waals surface area contributed by atoms with Gasteiger partial charge in [0.05, 0.1) is 6.42 Å². The van der Waals surface area contributed by atoms with Crippen LogP contribution in [0.2, 0.25) is 0 Å². The van der Waals surface area contributed by atoms with E-state index in [1.807, 2.05) is 13.8 Å². The first-order valence-electron chi connectivity index (χ1n) is 6.57. The summed E-state index contributed by atoms with van der Waals surface area (Å²) in [6, 6.07) is 3.99. The highest BCUT2D eigenvalue weighted by Gasteiger charge is 2.27. The molecule has 0 fully saturated rings. The predicted molar refractivity (Wildman–Crippen MR) is 76.3 cm³/mol. The molecular weight excluding hydrogens is 274 g/mol. The number of aliphatic carboxylic acids is 2. The lowest BCUT2D eigenvalue weighted by atomic mass is 10.0. The van der Waals surface area contributed by atoms with E-state index in [1.165, 1.54) is 6.92 Å². The topological polar surface area (TPSA) is 94.9 Å². The van der Waals surface area contributed by atoms with E-state index in [4.69, 9.17) is 10.2 Å². The Morgan fingerprint density at radius 3 is 2.24 bits per heavy atom. The van der Waals surface area contributed by atoms with Gasteiger partial charge in [-0.25, -0.2) is 4.79 Å². The molecule has 2 N–H and O–H groups in total. The molecule has 114 valence electrons. The molecule has 1 aromatic carbocycles. The molecule has 1 rings (SSSR count). The first-order valence-corrected chi connectivity index (χ1v) is 6.57. The van der Waals surface area contributed by atoms with Crippen LogP contribution in [0.15, 0.2) is 18.2 Å². The van der Waals surface area contributed by atoms with Gasteiger partial charge in [-0.05, 0) is 44.0 Å². The number of carbonyl (C=O) groups is 3. The van der Waals surface area contributed by atoms with Gasteiger partial charge in [-0.3, -0.25) is 9.59 Å². The summed E-state index contributed by atoms with van der Waals surface area (Å²) in [4.78, 5) is 35.3. The maximum absolute atomic E-state index is 12.4. The van der Waals surface area contributed by atoms with Crippen molar-refractivity contribution in [2.24, 2.45) is 0 Å². The molecule has 1 amide bonds. The zero-order chi connectivity index (χ0) is 16.2. The van der Waals surface area contributed by atoms with Gasteiger partial charge in [0.15, 0.2) is 0 Å². The molecule has 0 spiro atoms. The van der Waals surface area contributed by atoms with Crippen LogP contribution in [0.4, 0.5) is 0 Å². The summed E-state index contributed by atoms with van der Waals surface area (Å²) in [7, 11) is 0. The van der Waals surface area contributed by atoms with Gasteiger partial charge in [-0.1, -0.05) is 6.07 Å². The van der Waals surface area contributed by atoms with Crippen LogP contribution >= 0.6 is 0 Å². The molecule has 1 unspecified atom stereocenters. The maximum atomic E-state index is 12.4. The molecule has 21 heavy (non-hydrogen) atoms. The lowest BCUT2D eigenvalue weighted by molar-refractivity contribution is -0.143. The summed E-state index contributed by atoms with van der Waals surface area (Å²) in [5.74, 6) is -2.72. The molecule has 0 aromatic heterocycles. The third-order valence-electron chi connectivity index (χ3n) is 3.41. The number of carbonyl (C=O) groups excluding carboxylic acids is 1. The summed E-state index contributed by atoms with van der Waals surface area (Å²) < 4.78 is 0. The van der Waals surface area contributed by atoms with Gasteiger partial charge in [0.1, 0.15) is 6.04 Å². The Hall–Kier alpha value is -2.37. The van der Waals surface area contributed by atoms with Crippen LogP contribution in [0.3, 0.4) is 0 Å². The summed E-state index contributed by atoms with van der Waals surface area (Å²) >= 11 is 0. The zero-order valence-electron chi connectivity index (χ0n) is 12.3. The van der Waals surface area contributed by atoms with E-state index < -0.39 is 23.9 Å². The van der Waals surface area contributed by atoms with E-state index >= 15 is 0 Å². The molecule has 0 saturated heterocycles. The standard InChI is InChI=1S/C15H19NO5/c1-9-4-5-12(8-10(9)2)14(19)16(7-6-13(17)18)11(3)15(20)21/h4-5,8,11H,6-7H2,1-3H3,(H,17,18)(H,20,21). The van der Waals surface area contributed by atoms with Gasteiger partial charge in [-0.15, -0.1) is 0 Å². The zero-order valence-corrected chi connectivity index (χ0v) is 12.3. The van der Waals surface area contributed by atoms with E-state index in [2.05, 4.69) is 0 Å². The van der Waals surface area contributed by atoms with Gasteiger partial charge in [-0.2, -0.15) is 0 Å². The minimum atomic E-state index is -1.17. The number of hydrogen-bond donors (Lipinski definition) is 2. The first kappa shape index (κ1) is 16.7. The summed E-state index contributed by atoms with van der Waals surface area (Å²) in [5.41, 5.74) is 2.30. The molecule has 1 aromatic rings. The molecule has 0 saturated carbocycles. The van der Waals surface area contributed by atoms with Crippen LogP contribution in [0.1, 0.15) is 34.8 Å². The molecular formula is C15H19NO5. The highest BCUT2D eigenvalue weighted by molar-refractivity contribution is 5.97. The average molecular weight is 293 g/mol. The molecule has 1 atom stereocenters. The Bertz CT molecular complexity index is 567. The Morgan fingerprint density at radius 2 is 1.76 bits per heavy atom. The average Bonchev–Trinajstić information content (AvgIpc) is 2.41. The third-order valence-corrected chi connectivity index (χ3v) is 3.41. The summed E-state index contributed by atoms with van der Waals surface area (Å²) in [6.07, 6.45) is -0.297. The smallest absolute Gasteiger partial charge is 0.326 e. The van der Waals surface area contributed by atoms with Crippen LogP contribution in [-0.2, 0) is 9.59 Å². The van der Waals surface area contributed by atoms with Gasteiger partial charge in [0.25, 0.3) is 5.91 Å². The Morgan fingerprint density at radius 1 is 1.14 bits per heavy atom. The van der Waals surface area contributed by atoms with E-state index in [0.717, 1.165) is 16.0 Å². The summed E-state index contributed by atoms with van der Waals surface area (Å²) in [6.45, 7) is 4.98. The van der Waals surface area contributed by atoms with Crippen molar-refractivity contribution in [1.29, 1.82) is 0 Å². The van der Waals surface area contributed by atoms with Crippen LogP contribution in [0.5, 0.6) is 0 Å². The number of carboxylic acids is 2. The van der Waals surface area contributed by atoms with Gasteiger partial charge in [0.2, 0.25) is 0 Å². The fraction of sp³-hybridized carbons (Fsp3) is 0.400. The fourth-order valence-corrected chi connectivity index (χ4v) is 1.86. The minimum absolute atomic E-state index is 0.144. The van der Waals surface area contributed by atoms with Crippen molar-refractivity contribution in [3.8, 4) is 0 Å². The van der Waals surface area contributed by atoms with E-state index in [9.17, 15) is 14.4 Å². The van der Waals surface area contributed by atoms with Crippen molar-refractivity contribution in [2.75, 3.05) is 6.54 Å². The number of hydrogen-bond acceptors (Lipinski definition) is 3. The van der Waals surface area contributed by atoms with Crippen LogP contribution in [0, 0.1) is 13.8 Å². The van der Waals surface area contributed by atoms with Crippen LogP contribution in [-0.4, -0.2) is 45.5 Å². The number of rotatable bonds is 6. The molecule has 0 heterocycles. The number of benzene rings is 1. The SMILES string of the molecule is Cc1ccc(C(=O)N(CCC(=O)O)C(C)C(=O)O)cc1C. The maximum Gasteiger partial charge on any atom is 0.326 e. The lowest BCUT2D eigenvalue weighted by Gasteiger charge is -2.26. The third kappa shape index (κ3) is 4.30. The Labute approximate surface area is 123 Å². The molecule has 0 aliphatic heterocycles. The quantitative estimate of drug-likeness (QED) is 0.832. The monoisotopic (exact) mass is 293 g/mol. The second-order valence-corrected chi connectivity index (χ2v) is 4.96. The number of amides is 1. The number of carboxylic acid groups (broad SMARTS) is 2. The van der Waals surface area contributed by atoms with Crippen LogP contribution < -0.4 is 0 Å². The normalized spacial score (nSPS) is 11.8. The largest absolute Gasteiger partial charge is 0.481 e. The number of aryl methyl sites for hydroxylation is 2. The number of nitrogens with zero attached hydrogens (tertiary/aromatic N) is 1. The van der Waals surface area contributed by atoms with Gasteiger partial charge >= 0.3 is 11.9 Å². The Balaban J connectivity index is 3.05. The Kier molecular flexibility index (Phi) is 5.46. The van der Waals surface area contributed by atoms with Crippen LogP contribution in [0.25, 0.3) is 0 Å². The van der Waals surface area contributed by atoms with Crippen molar-refractivity contribution in [1.82, 2.24) is 4.90 Å². The van der Waals surface area contributed by atoms with Crippen molar-refractivity contribution in [3.05, 3.63) is 34.9 Å². The van der Waals surface area contributed by atoms with Crippen molar-refractivity contribution in [2.45, 2.75) is 33.2 Å². The molecule has 6 heteroatoms. The second kappa shape index (κ2) is 6.88. The van der Waals surface area contributed by atoms with Gasteiger partial charge < -0.3 is 15.1 Å². The molecule has 0 radical (unpaired) electrons. The highest BCUT2D eigenvalue weighted by atomic mass is 16.4. The van der Waals surface area contributed by atoms with Gasteiger partial charge in [0, 0.05) is 12.1 Å². The van der Waals surface area contributed by atoms with Crippen molar-refractivity contribution in [3.63, 3.8) is 0 Å². The van der Waals surface area contributed by atoms with E-state index in [0.29, 0.717) is 5.56 Å². The van der Waals surface area contributed by atoms with Crippen molar-refractivity contribution < 1.29 is 24.6 Å². The summed E-state index contributed by atoms with van der Waals surface area (Å²) in [5, 5.41) is 17.8. The minimum Gasteiger partial charge on any atom is -0.481 e. The molecule has 6 nitrogen and oxygen atoms in total. The highest BCUT2D eigenvalue weighted by Crippen LogP contribution is 2.14. The lowest BCUT2D eigenvalue weighted by Crippen LogP contribution is -2.44. The van der Waals surface area contributed by atoms with Crippen molar-refractivity contribution >= 4 is 17.8 Å². The molecule has 0 aliphatic carbocycles. The fourth-order valence-electron chi connectivity index (χ4n) is 1.86.